The second kappa shape index (κ2) is 9.29. The van der Waals surface area contributed by atoms with Gasteiger partial charge >= 0.3 is 0 Å². The van der Waals surface area contributed by atoms with Gasteiger partial charge in [-0.05, 0) is 42.5 Å². The third kappa shape index (κ3) is 4.61. The van der Waals surface area contributed by atoms with Crippen LogP contribution in [0.15, 0.2) is 53.3 Å². The van der Waals surface area contributed by atoms with E-state index in [2.05, 4.69) is 31.0 Å². The van der Waals surface area contributed by atoms with Crippen LogP contribution in [0.3, 0.4) is 0 Å². The fourth-order valence-corrected chi connectivity index (χ4v) is 4.01. The Morgan fingerprint density at radius 2 is 1.74 bits per heavy atom. The van der Waals surface area contributed by atoms with Gasteiger partial charge in [0.15, 0.2) is 0 Å². The molecular weight excluding hydrogens is 386 g/mol. The maximum Gasteiger partial charge on any atom is 0.256 e. The summed E-state index contributed by atoms with van der Waals surface area (Å²) in [5.41, 5.74) is 5.29. The molecule has 1 aromatic heterocycles. The molecule has 0 unspecified atom stereocenters. The van der Waals surface area contributed by atoms with Crippen LogP contribution >= 0.6 is 0 Å². The number of rotatable bonds is 6. The normalized spacial score (nSPS) is 13.2. The number of unbranched alkanes of at least 4 members (excludes halogenated alkanes) is 1. The summed E-state index contributed by atoms with van der Waals surface area (Å²) in [7, 11) is 0. The quantitative estimate of drug-likeness (QED) is 0.643. The summed E-state index contributed by atoms with van der Waals surface area (Å²) in [6, 6.07) is 16.0. The number of aromatic amines is 1. The van der Waals surface area contributed by atoms with Crippen molar-refractivity contribution in [1.82, 2.24) is 14.9 Å². The SMILES string of the molecule is CCCCc1ccc(C(=O)N2CCc3nc(-c4ccc(CC)cc4)[nH]c(=O)c3C2)cc1. The molecule has 5 heteroatoms. The molecule has 3 aromatic rings. The minimum Gasteiger partial charge on any atom is -0.334 e. The van der Waals surface area contributed by atoms with E-state index < -0.39 is 0 Å². The van der Waals surface area contributed by atoms with E-state index in [0.29, 0.717) is 36.5 Å². The van der Waals surface area contributed by atoms with Gasteiger partial charge in [0.2, 0.25) is 0 Å². The molecule has 4 rings (SSSR count). The second-order valence-electron chi connectivity index (χ2n) is 8.17. The van der Waals surface area contributed by atoms with Crippen LogP contribution in [0, 0.1) is 0 Å². The van der Waals surface area contributed by atoms with Crippen LogP contribution in [-0.2, 0) is 25.8 Å². The molecule has 0 bridgehead atoms. The van der Waals surface area contributed by atoms with Gasteiger partial charge in [-0.25, -0.2) is 4.98 Å². The Morgan fingerprint density at radius 1 is 1.03 bits per heavy atom. The topological polar surface area (TPSA) is 66.1 Å². The third-order valence-electron chi connectivity index (χ3n) is 6.01. The minimum atomic E-state index is -0.160. The largest absolute Gasteiger partial charge is 0.334 e. The molecule has 1 N–H and O–H groups in total. The van der Waals surface area contributed by atoms with Gasteiger partial charge in [0.1, 0.15) is 5.82 Å². The summed E-state index contributed by atoms with van der Waals surface area (Å²) in [4.78, 5) is 35.2. The number of amides is 1. The van der Waals surface area contributed by atoms with Gasteiger partial charge in [0.05, 0.1) is 17.8 Å². The Morgan fingerprint density at radius 3 is 2.42 bits per heavy atom. The van der Waals surface area contributed by atoms with E-state index in [1.54, 1.807) is 4.90 Å². The van der Waals surface area contributed by atoms with Gasteiger partial charge in [-0.2, -0.15) is 0 Å². The molecule has 0 saturated heterocycles. The van der Waals surface area contributed by atoms with Gasteiger partial charge in [0.25, 0.3) is 11.5 Å². The van der Waals surface area contributed by atoms with Gasteiger partial charge < -0.3 is 9.88 Å². The summed E-state index contributed by atoms with van der Waals surface area (Å²) in [6.45, 7) is 5.15. The fourth-order valence-electron chi connectivity index (χ4n) is 4.01. The molecule has 0 atom stereocenters. The van der Waals surface area contributed by atoms with Gasteiger partial charge in [-0.3, -0.25) is 9.59 Å². The standard InChI is InChI=1S/C26H29N3O2/c1-3-5-6-19-9-13-21(14-10-19)26(31)29-16-15-23-22(17-29)25(30)28-24(27-23)20-11-7-18(4-2)8-12-20/h7-14H,3-6,15-17H2,1-2H3,(H,27,28,30). The van der Waals surface area contributed by atoms with E-state index in [1.165, 1.54) is 11.1 Å². The average Bonchev–Trinajstić information content (AvgIpc) is 2.82. The first-order chi connectivity index (χ1) is 15.1. The minimum absolute atomic E-state index is 0.0358. The van der Waals surface area contributed by atoms with Gasteiger partial charge in [-0.15, -0.1) is 0 Å². The number of aromatic nitrogens is 2. The van der Waals surface area contributed by atoms with Crippen LogP contribution in [0.2, 0.25) is 0 Å². The average molecular weight is 416 g/mol. The van der Waals surface area contributed by atoms with Crippen molar-refractivity contribution in [2.24, 2.45) is 0 Å². The molecule has 0 radical (unpaired) electrons. The number of benzene rings is 2. The van der Waals surface area contributed by atoms with E-state index in [1.807, 2.05) is 36.4 Å². The van der Waals surface area contributed by atoms with E-state index in [-0.39, 0.29) is 11.5 Å². The monoisotopic (exact) mass is 415 g/mol. The number of carbonyl (C=O) groups is 1. The zero-order valence-electron chi connectivity index (χ0n) is 18.3. The lowest BCUT2D eigenvalue weighted by Gasteiger charge is -2.28. The molecule has 2 heterocycles. The highest BCUT2D eigenvalue weighted by Crippen LogP contribution is 2.21. The van der Waals surface area contributed by atoms with Crippen molar-refractivity contribution in [3.8, 4) is 11.4 Å². The number of aryl methyl sites for hydroxylation is 2. The first-order valence-electron chi connectivity index (χ1n) is 11.2. The summed E-state index contributed by atoms with van der Waals surface area (Å²) in [5, 5.41) is 0. The number of hydrogen-bond donors (Lipinski definition) is 1. The highest BCUT2D eigenvalue weighted by Gasteiger charge is 2.25. The molecule has 0 aliphatic carbocycles. The molecule has 2 aromatic carbocycles. The molecule has 0 spiro atoms. The molecule has 31 heavy (non-hydrogen) atoms. The van der Waals surface area contributed by atoms with Crippen LogP contribution in [0.1, 0.15) is 59.4 Å². The lowest BCUT2D eigenvalue weighted by molar-refractivity contribution is 0.0732. The number of fused-ring (bicyclic) bond motifs is 1. The first kappa shape index (κ1) is 21.0. The van der Waals surface area contributed by atoms with Crippen LogP contribution in [-0.4, -0.2) is 27.3 Å². The Hall–Kier alpha value is -3.21. The maximum atomic E-state index is 13.0. The highest BCUT2D eigenvalue weighted by molar-refractivity contribution is 5.94. The maximum absolute atomic E-state index is 13.0. The zero-order chi connectivity index (χ0) is 21.8. The van der Waals surface area contributed by atoms with E-state index in [9.17, 15) is 9.59 Å². The predicted octanol–water partition coefficient (Wildman–Crippen LogP) is 4.54. The lowest BCUT2D eigenvalue weighted by atomic mass is 10.0. The van der Waals surface area contributed by atoms with Crippen molar-refractivity contribution in [2.45, 2.75) is 52.5 Å². The number of H-pyrrole nitrogens is 1. The molecular formula is C26H29N3O2. The highest BCUT2D eigenvalue weighted by atomic mass is 16.2. The van der Waals surface area contributed by atoms with E-state index in [0.717, 1.165) is 36.9 Å². The Kier molecular flexibility index (Phi) is 6.31. The number of carbonyl (C=O) groups excluding carboxylic acids is 1. The van der Waals surface area contributed by atoms with Crippen LogP contribution < -0.4 is 5.56 Å². The van der Waals surface area contributed by atoms with E-state index in [4.69, 9.17) is 4.98 Å². The van der Waals surface area contributed by atoms with E-state index >= 15 is 0 Å². The predicted molar refractivity (Wildman–Crippen MR) is 123 cm³/mol. The molecule has 1 amide bonds. The summed E-state index contributed by atoms with van der Waals surface area (Å²) < 4.78 is 0. The molecule has 0 saturated carbocycles. The number of nitrogens with zero attached hydrogens (tertiary/aromatic N) is 2. The van der Waals surface area contributed by atoms with Crippen LogP contribution in [0.25, 0.3) is 11.4 Å². The van der Waals surface area contributed by atoms with Crippen LogP contribution in [0.5, 0.6) is 0 Å². The molecule has 1 aliphatic heterocycles. The molecule has 160 valence electrons. The van der Waals surface area contributed by atoms with Crippen molar-refractivity contribution in [1.29, 1.82) is 0 Å². The van der Waals surface area contributed by atoms with Crippen molar-refractivity contribution < 1.29 is 4.79 Å². The summed E-state index contributed by atoms with van der Waals surface area (Å²) >= 11 is 0. The van der Waals surface area contributed by atoms with Crippen molar-refractivity contribution >= 4 is 5.91 Å². The summed E-state index contributed by atoms with van der Waals surface area (Å²) in [5.74, 6) is 0.556. The third-order valence-corrected chi connectivity index (χ3v) is 6.01. The van der Waals surface area contributed by atoms with Crippen molar-refractivity contribution in [3.63, 3.8) is 0 Å². The van der Waals surface area contributed by atoms with Crippen molar-refractivity contribution in [2.75, 3.05) is 6.54 Å². The molecule has 5 nitrogen and oxygen atoms in total. The first-order valence-corrected chi connectivity index (χ1v) is 11.2. The Labute approximate surface area is 183 Å². The lowest BCUT2D eigenvalue weighted by Crippen LogP contribution is -2.39. The number of hydrogen-bond acceptors (Lipinski definition) is 3. The fraction of sp³-hybridized carbons (Fsp3) is 0.346. The molecule has 0 fully saturated rings. The van der Waals surface area contributed by atoms with Crippen molar-refractivity contribution in [3.05, 3.63) is 86.8 Å². The Bertz CT molecular complexity index is 1110. The molecule has 1 aliphatic rings. The smallest absolute Gasteiger partial charge is 0.256 e. The number of nitrogens with one attached hydrogen (secondary N) is 1. The van der Waals surface area contributed by atoms with Crippen LogP contribution in [0.4, 0.5) is 0 Å². The van der Waals surface area contributed by atoms with Gasteiger partial charge in [0, 0.05) is 24.1 Å². The second-order valence-corrected chi connectivity index (χ2v) is 8.17. The van der Waals surface area contributed by atoms with Gasteiger partial charge in [-0.1, -0.05) is 56.7 Å². The summed E-state index contributed by atoms with van der Waals surface area (Å²) in [6.07, 6.45) is 4.89. The zero-order valence-corrected chi connectivity index (χ0v) is 18.3. The Balaban J connectivity index is 1.51.